The van der Waals surface area contributed by atoms with Crippen LogP contribution in [0.15, 0.2) is 29.3 Å². The Kier molecular flexibility index (Phi) is 6.57. The molecule has 2 unspecified atom stereocenters. The molecule has 1 aliphatic carbocycles. The van der Waals surface area contributed by atoms with Crippen molar-refractivity contribution in [3.8, 4) is 5.75 Å². The van der Waals surface area contributed by atoms with Crippen LogP contribution in [0.3, 0.4) is 0 Å². The molecule has 0 bridgehead atoms. The highest BCUT2D eigenvalue weighted by molar-refractivity contribution is 5.81. The number of nitrogens with one attached hydrogen (secondary N) is 2. The number of carbonyl (C=O) groups is 1. The third-order valence-electron chi connectivity index (χ3n) is 6.31. The van der Waals surface area contributed by atoms with Crippen LogP contribution in [0.5, 0.6) is 5.75 Å². The number of aliphatic imine (C=N–C) groups is 1. The van der Waals surface area contributed by atoms with Crippen LogP contribution in [0.25, 0.3) is 0 Å². The minimum atomic E-state index is 0.0933. The Labute approximate surface area is 174 Å². The topological polar surface area (TPSA) is 66.0 Å². The molecule has 1 amide bonds. The maximum Gasteiger partial charge on any atom is 0.225 e. The van der Waals surface area contributed by atoms with E-state index in [1.54, 1.807) is 0 Å². The maximum atomic E-state index is 12.8. The number of para-hydroxylation sites is 1. The Morgan fingerprint density at radius 3 is 2.83 bits per heavy atom. The number of hydrogen-bond acceptors (Lipinski definition) is 3. The highest BCUT2D eigenvalue weighted by atomic mass is 16.5. The van der Waals surface area contributed by atoms with Gasteiger partial charge in [0.25, 0.3) is 0 Å². The zero-order valence-corrected chi connectivity index (χ0v) is 17.5. The van der Waals surface area contributed by atoms with Gasteiger partial charge < -0.3 is 20.3 Å². The van der Waals surface area contributed by atoms with Crippen molar-refractivity contribution in [3.05, 3.63) is 29.8 Å². The van der Waals surface area contributed by atoms with E-state index in [0.717, 1.165) is 57.0 Å². The van der Waals surface area contributed by atoms with Crippen LogP contribution in [0.1, 0.15) is 51.0 Å². The van der Waals surface area contributed by atoms with E-state index in [2.05, 4.69) is 34.6 Å². The number of amides is 1. The van der Waals surface area contributed by atoms with Gasteiger partial charge in [0, 0.05) is 38.0 Å². The summed E-state index contributed by atoms with van der Waals surface area (Å²) in [7, 11) is 0. The number of carbonyl (C=O) groups excluding carboxylic acids is 1. The second-order valence-corrected chi connectivity index (χ2v) is 8.52. The van der Waals surface area contributed by atoms with Crippen LogP contribution in [-0.4, -0.2) is 55.1 Å². The zero-order chi connectivity index (χ0) is 20.1. The SMILES string of the molecule is CCNC(=NCC1Cc2ccccc2O1)NC1CCN(C(=O)C2CCCCC2)C1. The van der Waals surface area contributed by atoms with Crippen molar-refractivity contribution in [1.82, 2.24) is 15.5 Å². The fourth-order valence-corrected chi connectivity index (χ4v) is 4.75. The molecule has 158 valence electrons. The molecule has 2 aliphatic heterocycles. The predicted molar refractivity (Wildman–Crippen MR) is 115 cm³/mol. The van der Waals surface area contributed by atoms with Crippen LogP contribution in [0.2, 0.25) is 0 Å². The van der Waals surface area contributed by atoms with E-state index in [9.17, 15) is 4.79 Å². The Morgan fingerprint density at radius 2 is 2.03 bits per heavy atom. The summed E-state index contributed by atoms with van der Waals surface area (Å²) in [5.74, 6) is 2.43. The van der Waals surface area contributed by atoms with Crippen LogP contribution in [0, 0.1) is 5.92 Å². The second kappa shape index (κ2) is 9.51. The molecular weight excluding hydrogens is 364 g/mol. The van der Waals surface area contributed by atoms with E-state index in [0.29, 0.717) is 12.5 Å². The largest absolute Gasteiger partial charge is 0.488 e. The van der Waals surface area contributed by atoms with E-state index in [4.69, 9.17) is 9.73 Å². The van der Waals surface area contributed by atoms with Crippen molar-refractivity contribution in [2.75, 3.05) is 26.2 Å². The number of hydrogen-bond donors (Lipinski definition) is 2. The molecule has 29 heavy (non-hydrogen) atoms. The van der Waals surface area contributed by atoms with Crippen molar-refractivity contribution in [2.45, 2.75) is 64.0 Å². The first-order valence-corrected chi connectivity index (χ1v) is 11.3. The molecule has 2 fully saturated rings. The lowest BCUT2D eigenvalue weighted by Crippen LogP contribution is -2.46. The summed E-state index contributed by atoms with van der Waals surface area (Å²) in [6.07, 6.45) is 7.82. The first kappa shape index (κ1) is 20.0. The number of fused-ring (bicyclic) bond motifs is 1. The molecule has 1 aromatic rings. The van der Waals surface area contributed by atoms with Gasteiger partial charge in [-0.05, 0) is 37.8 Å². The maximum absolute atomic E-state index is 12.8. The van der Waals surface area contributed by atoms with E-state index in [1.165, 1.54) is 24.8 Å². The summed E-state index contributed by atoms with van der Waals surface area (Å²) in [5, 5.41) is 6.88. The van der Waals surface area contributed by atoms with E-state index >= 15 is 0 Å². The molecule has 3 aliphatic rings. The molecule has 0 spiro atoms. The van der Waals surface area contributed by atoms with Gasteiger partial charge in [-0.15, -0.1) is 0 Å². The van der Waals surface area contributed by atoms with Gasteiger partial charge in [0.2, 0.25) is 5.91 Å². The van der Waals surface area contributed by atoms with E-state index in [-0.39, 0.29) is 18.1 Å². The molecule has 0 aromatic heterocycles. The monoisotopic (exact) mass is 398 g/mol. The molecule has 4 rings (SSSR count). The van der Waals surface area contributed by atoms with Crippen LogP contribution >= 0.6 is 0 Å². The molecule has 2 heterocycles. The number of likely N-dealkylation sites (tertiary alicyclic amines) is 1. The molecular formula is C23H34N4O2. The quantitative estimate of drug-likeness (QED) is 0.591. The van der Waals surface area contributed by atoms with Crippen LogP contribution in [-0.2, 0) is 11.2 Å². The summed E-state index contributed by atoms with van der Waals surface area (Å²) in [6, 6.07) is 8.48. The van der Waals surface area contributed by atoms with Crippen molar-refractivity contribution in [3.63, 3.8) is 0 Å². The standard InChI is InChI=1S/C23H34N4O2/c1-2-24-23(25-15-20-14-18-10-6-7-11-21(18)29-20)26-19-12-13-27(16-19)22(28)17-8-4-3-5-9-17/h6-7,10-11,17,19-20H,2-5,8-9,12-16H2,1H3,(H2,24,25,26). The highest BCUT2D eigenvalue weighted by Crippen LogP contribution is 2.28. The van der Waals surface area contributed by atoms with Crippen molar-refractivity contribution < 1.29 is 9.53 Å². The molecule has 1 saturated carbocycles. The average molecular weight is 399 g/mol. The number of guanidine groups is 1. The Morgan fingerprint density at radius 1 is 1.21 bits per heavy atom. The fraction of sp³-hybridized carbons (Fsp3) is 0.652. The van der Waals surface area contributed by atoms with Gasteiger partial charge >= 0.3 is 0 Å². The number of nitrogens with zero attached hydrogens (tertiary/aromatic N) is 2. The third kappa shape index (κ3) is 5.03. The van der Waals surface area contributed by atoms with Gasteiger partial charge in [-0.1, -0.05) is 37.5 Å². The summed E-state index contributed by atoms with van der Waals surface area (Å²) in [4.78, 5) is 19.6. The van der Waals surface area contributed by atoms with Crippen molar-refractivity contribution in [1.29, 1.82) is 0 Å². The molecule has 0 radical (unpaired) electrons. The van der Waals surface area contributed by atoms with E-state index < -0.39 is 0 Å². The molecule has 6 nitrogen and oxygen atoms in total. The van der Waals surface area contributed by atoms with Gasteiger partial charge in [-0.3, -0.25) is 4.79 Å². The molecule has 6 heteroatoms. The zero-order valence-electron chi connectivity index (χ0n) is 17.5. The molecule has 2 N–H and O–H groups in total. The first-order valence-electron chi connectivity index (χ1n) is 11.3. The first-order chi connectivity index (χ1) is 14.2. The van der Waals surface area contributed by atoms with Crippen molar-refractivity contribution in [2.24, 2.45) is 10.9 Å². The highest BCUT2D eigenvalue weighted by Gasteiger charge is 2.32. The number of benzene rings is 1. The van der Waals surface area contributed by atoms with Gasteiger partial charge in [0.1, 0.15) is 11.9 Å². The smallest absolute Gasteiger partial charge is 0.225 e. The Bertz CT molecular complexity index is 704. The summed E-state index contributed by atoms with van der Waals surface area (Å²) in [6.45, 7) is 5.15. The van der Waals surface area contributed by atoms with Gasteiger partial charge in [0.05, 0.1) is 6.54 Å². The lowest BCUT2D eigenvalue weighted by Gasteiger charge is -2.26. The summed E-state index contributed by atoms with van der Waals surface area (Å²) in [5.41, 5.74) is 1.26. The summed E-state index contributed by atoms with van der Waals surface area (Å²) < 4.78 is 6.01. The minimum absolute atomic E-state index is 0.0933. The Balaban J connectivity index is 1.28. The van der Waals surface area contributed by atoms with Gasteiger partial charge in [-0.2, -0.15) is 0 Å². The van der Waals surface area contributed by atoms with E-state index in [1.807, 2.05) is 12.1 Å². The number of ether oxygens (including phenoxy) is 1. The lowest BCUT2D eigenvalue weighted by atomic mass is 9.88. The normalized spacial score (nSPS) is 24.9. The van der Waals surface area contributed by atoms with Gasteiger partial charge in [0.15, 0.2) is 5.96 Å². The van der Waals surface area contributed by atoms with Crippen molar-refractivity contribution >= 4 is 11.9 Å². The number of rotatable bonds is 5. The molecule has 1 aromatic carbocycles. The van der Waals surface area contributed by atoms with Crippen LogP contribution < -0.4 is 15.4 Å². The second-order valence-electron chi connectivity index (χ2n) is 8.52. The fourth-order valence-electron chi connectivity index (χ4n) is 4.75. The van der Waals surface area contributed by atoms with Gasteiger partial charge in [-0.25, -0.2) is 4.99 Å². The third-order valence-corrected chi connectivity index (χ3v) is 6.31. The molecule has 2 atom stereocenters. The lowest BCUT2D eigenvalue weighted by molar-refractivity contribution is -0.135. The predicted octanol–water partition coefficient (Wildman–Crippen LogP) is 2.73. The average Bonchev–Trinajstić information content (AvgIpc) is 3.39. The van der Waals surface area contributed by atoms with Crippen LogP contribution in [0.4, 0.5) is 0 Å². The Hall–Kier alpha value is -2.24. The minimum Gasteiger partial charge on any atom is -0.488 e. The molecule has 1 saturated heterocycles. The summed E-state index contributed by atoms with van der Waals surface area (Å²) >= 11 is 0.